The second-order valence-corrected chi connectivity index (χ2v) is 3.72. The molecule has 0 radical (unpaired) electrons. The molecule has 1 unspecified atom stereocenters. The lowest BCUT2D eigenvalue weighted by atomic mass is 10.3. The monoisotopic (exact) mass is 261 g/mol. The summed E-state index contributed by atoms with van der Waals surface area (Å²) in [6.07, 6.45) is 1.55. The van der Waals surface area contributed by atoms with Crippen molar-refractivity contribution in [2.24, 2.45) is 0 Å². The number of ether oxygens (including phenoxy) is 1. The maximum Gasteiger partial charge on any atom is 0.280 e. The predicted octanol–water partition coefficient (Wildman–Crippen LogP) is 0.979. The van der Waals surface area contributed by atoms with Crippen LogP contribution in [-0.4, -0.2) is 30.0 Å². The summed E-state index contributed by atoms with van der Waals surface area (Å²) in [5, 5.41) is 9.11. The molecule has 78 valence electrons. The van der Waals surface area contributed by atoms with Gasteiger partial charge in [0.05, 0.1) is 18.5 Å². The second-order valence-electron chi connectivity index (χ2n) is 2.93. The number of halogens is 1. The number of rotatable bonds is 4. The highest BCUT2D eigenvalue weighted by molar-refractivity contribution is 9.10. The van der Waals surface area contributed by atoms with Crippen molar-refractivity contribution in [2.45, 2.75) is 13.0 Å². The van der Waals surface area contributed by atoms with Crippen LogP contribution in [0.5, 0.6) is 0 Å². The first kappa shape index (κ1) is 11.2. The van der Waals surface area contributed by atoms with Crippen molar-refractivity contribution in [1.82, 2.24) is 10.2 Å². The van der Waals surface area contributed by atoms with Crippen LogP contribution in [0.1, 0.15) is 6.92 Å². The van der Waals surface area contributed by atoms with Gasteiger partial charge in [-0.15, -0.1) is 0 Å². The zero-order chi connectivity index (χ0) is 10.6. The molecular formula is C8H12BrN3O2. The predicted molar refractivity (Wildman–Crippen MR) is 57.5 cm³/mol. The first-order chi connectivity index (χ1) is 6.65. The van der Waals surface area contributed by atoms with Gasteiger partial charge in [0.2, 0.25) is 0 Å². The van der Waals surface area contributed by atoms with Gasteiger partial charge in [-0.1, -0.05) is 0 Å². The lowest BCUT2D eigenvalue weighted by molar-refractivity contribution is 0.190. The quantitative estimate of drug-likeness (QED) is 0.848. The first-order valence-electron chi connectivity index (χ1n) is 4.13. The molecule has 0 aliphatic rings. The van der Waals surface area contributed by atoms with E-state index in [1.54, 1.807) is 13.3 Å². The molecule has 0 bridgehead atoms. The normalized spacial score (nSPS) is 12.5. The van der Waals surface area contributed by atoms with Crippen LogP contribution in [0.4, 0.5) is 5.69 Å². The Hall–Kier alpha value is -0.880. The van der Waals surface area contributed by atoms with E-state index in [0.29, 0.717) is 16.8 Å². The molecule has 0 saturated heterocycles. The third kappa shape index (κ3) is 2.81. The Morgan fingerprint density at radius 1 is 1.79 bits per heavy atom. The summed E-state index contributed by atoms with van der Waals surface area (Å²) in [6.45, 7) is 2.52. The van der Waals surface area contributed by atoms with E-state index in [-0.39, 0.29) is 11.6 Å². The maximum atomic E-state index is 11.1. The van der Waals surface area contributed by atoms with E-state index < -0.39 is 0 Å². The van der Waals surface area contributed by atoms with E-state index in [4.69, 9.17) is 4.74 Å². The summed E-state index contributed by atoms with van der Waals surface area (Å²) in [6, 6.07) is 0.125. The summed E-state index contributed by atoms with van der Waals surface area (Å²) in [7, 11) is 1.63. The van der Waals surface area contributed by atoms with Gasteiger partial charge in [0.1, 0.15) is 4.47 Å². The molecule has 0 fully saturated rings. The highest BCUT2D eigenvalue weighted by atomic mass is 79.9. The number of aromatic amines is 1. The van der Waals surface area contributed by atoms with Crippen molar-refractivity contribution in [2.75, 3.05) is 19.0 Å². The SMILES string of the molecule is COCC(C)Nc1cn[nH]c(=O)c1Br. The molecule has 1 heterocycles. The van der Waals surface area contributed by atoms with Crippen LogP contribution < -0.4 is 10.9 Å². The summed E-state index contributed by atoms with van der Waals surface area (Å²) < 4.78 is 5.42. The molecule has 1 atom stereocenters. The molecule has 0 saturated carbocycles. The summed E-state index contributed by atoms with van der Waals surface area (Å²) in [5.74, 6) is 0. The smallest absolute Gasteiger partial charge is 0.280 e. The Morgan fingerprint density at radius 2 is 2.50 bits per heavy atom. The molecule has 14 heavy (non-hydrogen) atoms. The molecule has 1 aromatic rings. The van der Waals surface area contributed by atoms with Crippen molar-refractivity contribution in [3.63, 3.8) is 0 Å². The van der Waals surface area contributed by atoms with Gasteiger partial charge in [0, 0.05) is 13.2 Å². The number of hydrogen-bond acceptors (Lipinski definition) is 4. The number of H-pyrrole nitrogens is 1. The zero-order valence-corrected chi connectivity index (χ0v) is 9.59. The molecule has 1 aromatic heterocycles. The fourth-order valence-corrected chi connectivity index (χ4v) is 1.35. The fourth-order valence-electron chi connectivity index (χ4n) is 1.04. The topological polar surface area (TPSA) is 67.0 Å². The molecular weight excluding hydrogens is 250 g/mol. The van der Waals surface area contributed by atoms with Crippen LogP contribution >= 0.6 is 15.9 Å². The van der Waals surface area contributed by atoms with Crippen LogP contribution in [-0.2, 0) is 4.74 Å². The Morgan fingerprint density at radius 3 is 3.14 bits per heavy atom. The number of hydrogen-bond donors (Lipinski definition) is 2. The van der Waals surface area contributed by atoms with Crippen molar-refractivity contribution in [3.8, 4) is 0 Å². The van der Waals surface area contributed by atoms with Gasteiger partial charge in [-0.05, 0) is 22.9 Å². The molecule has 6 heteroatoms. The zero-order valence-electron chi connectivity index (χ0n) is 8.00. The van der Waals surface area contributed by atoms with E-state index in [0.717, 1.165) is 0 Å². The van der Waals surface area contributed by atoms with Crippen molar-refractivity contribution >= 4 is 21.6 Å². The van der Waals surface area contributed by atoms with Gasteiger partial charge in [0.25, 0.3) is 5.56 Å². The highest BCUT2D eigenvalue weighted by Crippen LogP contribution is 2.16. The Bertz CT molecular complexity index is 353. The van der Waals surface area contributed by atoms with E-state index in [1.165, 1.54) is 0 Å². The second kappa shape index (κ2) is 5.11. The van der Waals surface area contributed by atoms with Crippen molar-refractivity contribution in [1.29, 1.82) is 0 Å². The van der Waals surface area contributed by atoms with E-state index in [2.05, 4.69) is 31.4 Å². The van der Waals surface area contributed by atoms with Crippen molar-refractivity contribution < 1.29 is 4.74 Å². The molecule has 0 aromatic carbocycles. The van der Waals surface area contributed by atoms with Crippen molar-refractivity contribution in [3.05, 3.63) is 21.0 Å². The largest absolute Gasteiger partial charge is 0.383 e. The third-order valence-electron chi connectivity index (χ3n) is 1.61. The van der Waals surface area contributed by atoms with E-state index in [1.807, 2.05) is 6.92 Å². The number of anilines is 1. The van der Waals surface area contributed by atoms with E-state index >= 15 is 0 Å². The lowest BCUT2D eigenvalue weighted by Gasteiger charge is -2.14. The molecule has 0 aliphatic carbocycles. The summed E-state index contributed by atoms with van der Waals surface area (Å²) >= 11 is 3.17. The minimum Gasteiger partial charge on any atom is -0.383 e. The number of aromatic nitrogens is 2. The number of nitrogens with one attached hydrogen (secondary N) is 2. The summed E-state index contributed by atoms with van der Waals surface area (Å²) in [4.78, 5) is 11.1. The van der Waals surface area contributed by atoms with E-state index in [9.17, 15) is 4.79 Å². The first-order valence-corrected chi connectivity index (χ1v) is 4.93. The molecule has 0 aliphatic heterocycles. The van der Waals surface area contributed by atoms with Crippen LogP contribution in [0, 0.1) is 0 Å². The molecule has 2 N–H and O–H groups in total. The minimum atomic E-state index is -0.250. The van der Waals surface area contributed by atoms with Gasteiger partial charge in [-0.25, -0.2) is 5.10 Å². The third-order valence-corrected chi connectivity index (χ3v) is 2.40. The van der Waals surface area contributed by atoms with Crippen LogP contribution in [0.2, 0.25) is 0 Å². The van der Waals surface area contributed by atoms with Gasteiger partial charge in [0.15, 0.2) is 0 Å². The average Bonchev–Trinajstić information content (AvgIpc) is 2.13. The van der Waals surface area contributed by atoms with Crippen LogP contribution in [0.3, 0.4) is 0 Å². The minimum absolute atomic E-state index is 0.125. The number of methoxy groups -OCH3 is 1. The molecule has 1 rings (SSSR count). The summed E-state index contributed by atoms with van der Waals surface area (Å²) in [5.41, 5.74) is 0.415. The Balaban J connectivity index is 2.76. The number of nitrogens with zero attached hydrogens (tertiary/aromatic N) is 1. The van der Waals surface area contributed by atoms with Crippen LogP contribution in [0.25, 0.3) is 0 Å². The lowest BCUT2D eigenvalue weighted by Crippen LogP contribution is -2.23. The molecule has 0 spiro atoms. The van der Waals surface area contributed by atoms with Gasteiger partial charge >= 0.3 is 0 Å². The molecule has 0 amide bonds. The highest BCUT2D eigenvalue weighted by Gasteiger charge is 2.07. The van der Waals surface area contributed by atoms with Gasteiger partial charge in [-0.2, -0.15) is 5.10 Å². The Kier molecular flexibility index (Phi) is 4.09. The maximum absolute atomic E-state index is 11.1. The van der Waals surface area contributed by atoms with Crippen LogP contribution in [0.15, 0.2) is 15.5 Å². The molecule has 5 nitrogen and oxygen atoms in total. The fraction of sp³-hybridized carbons (Fsp3) is 0.500. The van der Waals surface area contributed by atoms with Gasteiger partial charge in [-0.3, -0.25) is 4.79 Å². The Labute approximate surface area is 90.0 Å². The van der Waals surface area contributed by atoms with Gasteiger partial charge < -0.3 is 10.1 Å². The standard InChI is InChI=1S/C8H12BrN3O2/c1-5(4-14-2)11-6-3-10-12-8(13)7(6)9/h3,5H,4H2,1-2H3,(H2,11,12,13). The average molecular weight is 262 g/mol.